The number of ether oxygens (including phenoxy) is 1. The molecule has 8 nitrogen and oxygen atoms in total. The molecule has 0 bridgehead atoms. The summed E-state index contributed by atoms with van der Waals surface area (Å²) in [6, 6.07) is 6.05. The summed E-state index contributed by atoms with van der Waals surface area (Å²) in [5, 5.41) is 27.5. The predicted octanol–water partition coefficient (Wildman–Crippen LogP) is 2.50. The second-order valence-corrected chi connectivity index (χ2v) is 5.36. The van der Waals surface area contributed by atoms with Crippen LogP contribution in [-0.4, -0.2) is 15.1 Å². The summed E-state index contributed by atoms with van der Waals surface area (Å²) in [5.41, 5.74) is 7.43. The predicted molar refractivity (Wildman–Crippen MR) is 80.7 cm³/mol. The highest BCUT2D eigenvalue weighted by Gasteiger charge is 2.36. The van der Waals surface area contributed by atoms with Crippen molar-refractivity contribution >= 4 is 17.3 Å². The zero-order valence-corrected chi connectivity index (χ0v) is 12.6. The summed E-state index contributed by atoms with van der Waals surface area (Å²) in [4.78, 5) is 10.5. The molecule has 0 saturated heterocycles. The molecule has 2 heterocycles. The number of rotatable bonds is 2. The van der Waals surface area contributed by atoms with Gasteiger partial charge < -0.3 is 10.5 Å². The Kier molecular flexibility index (Phi) is 3.42. The molecule has 3 rings (SSSR count). The van der Waals surface area contributed by atoms with Crippen LogP contribution in [0.25, 0.3) is 0 Å². The molecule has 3 N–H and O–H groups in total. The number of nitriles is 1. The second kappa shape index (κ2) is 5.30. The number of nitro benzene ring substituents is 1. The average molecular weight is 332 g/mol. The molecule has 0 fully saturated rings. The number of hydrogen-bond donors (Lipinski definition) is 2. The Balaban J connectivity index is 2.29. The van der Waals surface area contributed by atoms with Crippen molar-refractivity contribution < 1.29 is 9.66 Å². The lowest BCUT2D eigenvalue weighted by molar-refractivity contribution is -0.384. The summed E-state index contributed by atoms with van der Waals surface area (Å²) in [6.45, 7) is 1.75. The second-order valence-electron chi connectivity index (χ2n) is 4.96. The van der Waals surface area contributed by atoms with Gasteiger partial charge in [-0.2, -0.15) is 5.26 Å². The SMILES string of the molecule is Cc1[nH]nc2c1[C@@H](c1cc([N+](=O)[O-])ccc1Cl)C(C#N)=C(N)O2. The van der Waals surface area contributed by atoms with Gasteiger partial charge in [0.2, 0.25) is 11.8 Å². The molecule has 116 valence electrons. The largest absolute Gasteiger partial charge is 0.420 e. The van der Waals surface area contributed by atoms with Gasteiger partial charge in [-0.25, -0.2) is 0 Å². The Morgan fingerprint density at radius 3 is 2.96 bits per heavy atom. The average Bonchev–Trinajstić information content (AvgIpc) is 2.87. The molecule has 2 aromatic rings. The molecule has 1 aliphatic rings. The van der Waals surface area contributed by atoms with Gasteiger partial charge in [-0.15, -0.1) is 5.10 Å². The fraction of sp³-hybridized carbons (Fsp3) is 0.143. The minimum absolute atomic E-state index is 0.0981. The molecule has 0 unspecified atom stereocenters. The summed E-state index contributed by atoms with van der Waals surface area (Å²) in [6.07, 6.45) is 0. The molecule has 0 saturated carbocycles. The molecule has 9 heteroatoms. The normalized spacial score (nSPS) is 16.5. The Morgan fingerprint density at radius 2 is 2.30 bits per heavy atom. The fourth-order valence-corrected chi connectivity index (χ4v) is 2.80. The topological polar surface area (TPSA) is 131 Å². The highest BCUT2D eigenvalue weighted by Crippen LogP contribution is 2.45. The Morgan fingerprint density at radius 1 is 1.57 bits per heavy atom. The Labute approximate surface area is 135 Å². The lowest BCUT2D eigenvalue weighted by atomic mass is 9.84. The van der Waals surface area contributed by atoms with Gasteiger partial charge in [0.15, 0.2) is 0 Å². The van der Waals surface area contributed by atoms with Crippen LogP contribution in [0, 0.1) is 28.4 Å². The van der Waals surface area contributed by atoms with Crippen LogP contribution in [0.3, 0.4) is 0 Å². The Hall–Kier alpha value is -3.05. The third-order valence-corrected chi connectivity index (χ3v) is 3.98. The number of H-pyrrole nitrogens is 1. The number of hydrogen-bond acceptors (Lipinski definition) is 6. The lowest BCUT2D eigenvalue weighted by Crippen LogP contribution is -2.21. The number of nitrogens with one attached hydrogen (secondary N) is 1. The molecular weight excluding hydrogens is 322 g/mol. The number of non-ortho nitro benzene ring substituents is 1. The third-order valence-electron chi connectivity index (χ3n) is 3.63. The number of benzene rings is 1. The first kappa shape index (κ1) is 14.9. The fourth-order valence-electron chi connectivity index (χ4n) is 2.58. The molecule has 23 heavy (non-hydrogen) atoms. The standard InChI is InChI=1S/C14H10ClN5O3/c1-6-11-12(8-4-7(20(21)22)2-3-10(8)15)9(5-16)13(17)23-14(11)19-18-6/h2-4,12H,17H2,1H3,(H,18,19)/t12-/m0/s1. The van der Waals surface area contributed by atoms with Gasteiger partial charge in [0.1, 0.15) is 11.6 Å². The van der Waals surface area contributed by atoms with Gasteiger partial charge in [0.25, 0.3) is 5.69 Å². The number of allylic oxidation sites excluding steroid dienone is 1. The van der Waals surface area contributed by atoms with Gasteiger partial charge in [0, 0.05) is 28.4 Å². The van der Waals surface area contributed by atoms with Gasteiger partial charge in [-0.1, -0.05) is 11.6 Å². The van der Waals surface area contributed by atoms with Crippen molar-refractivity contribution in [2.45, 2.75) is 12.8 Å². The summed E-state index contributed by atoms with van der Waals surface area (Å²) < 4.78 is 5.34. The van der Waals surface area contributed by atoms with Gasteiger partial charge in [-0.05, 0) is 18.6 Å². The minimum Gasteiger partial charge on any atom is -0.420 e. The molecule has 0 radical (unpaired) electrons. The van der Waals surface area contributed by atoms with Crippen molar-refractivity contribution in [1.82, 2.24) is 10.2 Å². The van der Waals surface area contributed by atoms with E-state index < -0.39 is 10.8 Å². The van der Waals surface area contributed by atoms with E-state index in [9.17, 15) is 15.4 Å². The zero-order chi connectivity index (χ0) is 16.7. The van der Waals surface area contributed by atoms with Gasteiger partial charge in [0.05, 0.1) is 10.8 Å². The van der Waals surface area contributed by atoms with Crippen molar-refractivity contribution in [2.24, 2.45) is 5.73 Å². The maximum absolute atomic E-state index is 11.0. The van der Waals surface area contributed by atoms with Crippen LogP contribution < -0.4 is 10.5 Å². The van der Waals surface area contributed by atoms with Crippen LogP contribution in [0.15, 0.2) is 29.7 Å². The molecule has 1 aromatic carbocycles. The van der Waals surface area contributed by atoms with Crippen molar-refractivity contribution in [3.63, 3.8) is 0 Å². The van der Waals surface area contributed by atoms with Crippen LogP contribution in [0.2, 0.25) is 5.02 Å². The van der Waals surface area contributed by atoms with E-state index in [2.05, 4.69) is 10.2 Å². The van der Waals surface area contributed by atoms with E-state index in [0.29, 0.717) is 16.8 Å². The molecule has 0 aliphatic carbocycles. The van der Waals surface area contributed by atoms with Crippen LogP contribution in [-0.2, 0) is 0 Å². The molecular formula is C14H10ClN5O3. The number of aromatic nitrogens is 2. The van der Waals surface area contributed by atoms with Gasteiger partial charge in [-0.3, -0.25) is 15.2 Å². The highest BCUT2D eigenvalue weighted by molar-refractivity contribution is 6.31. The number of halogens is 1. The molecule has 1 aliphatic heterocycles. The molecule has 0 spiro atoms. The number of fused-ring (bicyclic) bond motifs is 1. The molecule has 1 atom stereocenters. The third kappa shape index (κ3) is 2.27. The van der Waals surface area contributed by atoms with E-state index >= 15 is 0 Å². The van der Waals surface area contributed by atoms with Crippen molar-refractivity contribution in [1.29, 1.82) is 5.26 Å². The lowest BCUT2D eigenvalue weighted by Gasteiger charge is -2.24. The van der Waals surface area contributed by atoms with E-state index in [4.69, 9.17) is 22.1 Å². The van der Waals surface area contributed by atoms with Gasteiger partial charge >= 0.3 is 0 Å². The van der Waals surface area contributed by atoms with E-state index in [1.807, 2.05) is 6.07 Å². The first-order chi connectivity index (χ1) is 10.9. The van der Waals surface area contributed by atoms with E-state index in [-0.39, 0.29) is 28.0 Å². The van der Waals surface area contributed by atoms with Crippen LogP contribution in [0.5, 0.6) is 5.88 Å². The first-order valence-corrected chi connectivity index (χ1v) is 6.88. The van der Waals surface area contributed by atoms with E-state index in [0.717, 1.165) is 0 Å². The Bertz CT molecular complexity index is 896. The quantitative estimate of drug-likeness (QED) is 0.642. The first-order valence-electron chi connectivity index (χ1n) is 6.50. The highest BCUT2D eigenvalue weighted by atomic mass is 35.5. The van der Waals surface area contributed by atoms with Crippen LogP contribution >= 0.6 is 11.6 Å². The van der Waals surface area contributed by atoms with E-state index in [1.165, 1.54) is 18.2 Å². The number of nitrogens with two attached hydrogens (primary N) is 1. The van der Waals surface area contributed by atoms with Crippen molar-refractivity contribution in [3.05, 3.63) is 61.6 Å². The monoisotopic (exact) mass is 331 g/mol. The zero-order valence-electron chi connectivity index (χ0n) is 11.8. The molecule has 1 aromatic heterocycles. The molecule has 0 amide bonds. The van der Waals surface area contributed by atoms with Crippen LogP contribution in [0.4, 0.5) is 5.69 Å². The number of nitrogens with zero attached hydrogens (tertiary/aromatic N) is 3. The number of aromatic amines is 1. The summed E-state index contributed by atoms with van der Waals surface area (Å²) >= 11 is 6.22. The minimum atomic E-state index is -0.685. The maximum atomic E-state index is 11.0. The van der Waals surface area contributed by atoms with Crippen molar-refractivity contribution in [3.8, 4) is 11.9 Å². The summed E-state index contributed by atoms with van der Waals surface area (Å²) in [5.74, 6) is -0.555. The van der Waals surface area contributed by atoms with Crippen LogP contribution in [0.1, 0.15) is 22.7 Å². The van der Waals surface area contributed by atoms with E-state index in [1.54, 1.807) is 6.92 Å². The summed E-state index contributed by atoms with van der Waals surface area (Å²) in [7, 11) is 0. The smallest absolute Gasteiger partial charge is 0.269 e. The van der Waals surface area contributed by atoms with Crippen molar-refractivity contribution in [2.75, 3.05) is 0 Å². The number of aryl methyl sites for hydroxylation is 1. The maximum Gasteiger partial charge on any atom is 0.269 e. The number of nitro groups is 1.